The number of aliphatic hydroxyl groups excluding tert-OH is 2. The second-order valence-electron chi connectivity index (χ2n) is 6.15. The number of hydrogen-bond acceptors (Lipinski definition) is 3. The van der Waals surface area contributed by atoms with E-state index in [1.54, 1.807) is 0 Å². The van der Waals surface area contributed by atoms with Crippen LogP contribution in [0.4, 0.5) is 13.2 Å². The van der Waals surface area contributed by atoms with Gasteiger partial charge in [0.1, 0.15) is 0 Å². The van der Waals surface area contributed by atoms with Gasteiger partial charge in [-0.15, -0.1) is 0 Å². The lowest BCUT2D eigenvalue weighted by Crippen LogP contribution is -2.58. The summed E-state index contributed by atoms with van der Waals surface area (Å²) in [5.74, 6) is -1.96. The first-order valence-corrected chi connectivity index (χ1v) is 8.32. The van der Waals surface area contributed by atoms with Crippen molar-refractivity contribution in [1.29, 1.82) is 0 Å². The summed E-state index contributed by atoms with van der Waals surface area (Å²) in [4.78, 5) is 12.4. The van der Waals surface area contributed by atoms with Crippen LogP contribution in [0.5, 0.6) is 0 Å². The number of halogens is 3. The number of hydrogen-bond donors (Lipinski definition) is 2. The highest BCUT2D eigenvalue weighted by atomic mass is 19.4. The van der Waals surface area contributed by atoms with Crippen LogP contribution in [0.25, 0.3) is 0 Å². The van der Waals surface area contributed by atoms with Crippen molar-refractivity contribution < 1.29 is 28.2 Å². The van der Waals surface area contributed by atoms with Crippen molar-refractivity contribution in [3.05, 3.63) is 0 Å². The number of rotatable bonds is 11. The first kappa shape index (κ1) is 22.2. The van der Waals surface area contributed by atoms with Gasteiger partial charge in [-0.25, -0.2) is 0 Å². The van der Waals surface area contributed by atoms with E-state index >= 15 is 0 Å². The van der Waals surface area contributed by atoms with Gasteiger partial charge in [-0.1, -0.05) is 39.0 Å². The van der Waals surface area contributed by atoms with E-state index in [4.69, 9.17) is 0 Å². The Morgan fingerprint density at radius 2 is 1.70 bits per heavy atom. The Bertz CT molecular complexity index is 348. The molecule has 0 aliphatic carbocycles. The molecule has 0 rings (SSSR count). The first-order chi connectivity index (χ1) is 10.6. The Morgan fingerprint density at radius 3 is 2.09 bits per heavy atom. The van der Waals surface area contributed by atoms with E-state index in [0.717, 1.165) is 25.7 Å². The molecule has 0 bridgehead atoms. The molecular formula is C16H30F3NO3. The fourth-order valence-corrected chi connectivity index (χ4v) is 3.03. The Morgan fingerprint density at radius 1 is 1.13 bits per heavy atom. The molecule has 0 aliphatic rings. The highest BCUT2D eigenvalue weighted by molar-refractivity contribution is 5.82. The van der Waals surface area contributed by atoms with Gasteiger partial charge >= 0.3 is 12.1 Å². The zero-order valence-electron chi connectivity index (χ0n) is 14.3. The fourth-order valence-electron chi connectivity index (χ4n) is 3.03. The van der Waals surface area contributed by atoms with Gasteiger partial charge in [-0.2, -0.15) is 13.2 Å². The van der Waals surface area contributed by atoms with Crippen molar-refractivity contribution in [1.82, 2.24) is 4.90 Å². The second-order valence-corrected chi connectivity index (χ2v) is 6.15. The van der Waals surface area contributed by atoms with E-state index in [1.165, 1.54) is 13.8 Å². The number of aliphatic hydroxyl groups is 2. The molecule has 7 heteroatoms. The van der Waals surface area contributed by atoms with Crippen molar-refractivity contribution in [3.8, 4) is 0 Å². The highest BCUT2D eigenvalue weighted by Gasteiger charge is 2.49. The van der Waals surface area contributed by atoms with E-state index in [-0.39, 0.29) is 19.4 Å². The molecule has 0 aromatic carbocycles. The molecule has 23 heavy (non-hydrogen) atoms. The second kappa shape index (κ2) is 10.1. The summed E-state index contributed by atoms with van der Waals surface area (Å²) >= 11 is 0. The Kier molecular flexibility index (Phi) is 9.77. The van der Waals surface area contributed by atoms with Crippen LogP contribution in [0.15, 0.2) is 0 Å². The summed E-state index contributed by atoms with van der Waals surface area (Å²) in [5, 5.41) is 19.4. The largest absolute Gasteiger partial charge is 0.471 e. The molecule has 2 N–H and O–H groups in total. The van der Waals surface area contributed by atoms with Crippen LogP contribution in [-0.4, -0.2) is 52.0 Å². The van der Waals surface area contributed by atoms with Crippen molar-refractivity contribution in [2.45, 2.75) is 83.5 Å². The fraction of sp³-hybridized carbons (Fsp3) is 0.938. The molecule has 4 nitrogen and oxygen atoms in total. The van der Waals surface area contributed by atoms with Crippen LogP contribution in [0.1, 0.15) is 65.7 Å². The lowest BCUT2D eigenvalue weighted by molar-refractivity contribution is -0.194. The van der Waals surface area contributed by atoms with Crippen LogP contribution in [0.3, 0.4) is 0 Å². The van der Waals surface area contributed by atoms with Crippen molar-refractivity contribution >= 4 is 5.91 Å². The monoisotopic (exact) mass is 341 g/mol. The summed E-state index contributed by atoms with van der Waals surface area (Å²) in [6, 6.07) is 0. The maximum absolute atomic E-state index is 12.8. The molecule has 2 unspecified atom stereocenters. The van der Waals surface area contributed by atoms with Gasteiger partial charge in [0.05, 0.1) is 18.2 Å². The molecule has 0 fully saturated rings. The summed E-state index contributed by atoms with van der Waals surface area (Å²) in [6.45, 7) is 4.20. The average Bonchev–Trinajstić information content (AvgIpc) is 2.45. The van der Waals surface area contributed by atoms with E-state index in [9.17, 15) is 28.2 Å². The summed E-state index contributed by atoms with van der Waals surface area (Å²) in [6.07, 6.45) is -1.24. The van der Waals surface area contributed by atoms with E-state index < -0.39 is 30.3 Å². The zero-order chi connectivity index (χ0) is 18.1. The molecule has 1 amide bonds. The molecule has 0 aromatic heterocycles. The number of amides is 1. The number of carbonyl (C=O) groups is 1. The Hall–Kier alpha value is -0.820. The van der Waals surface area contributed by atoms with Gasteiger partial charge in [-0.05, 0) is 26.7 Å². The first-order valence-electron chi connectivity index (χ1n) is 8.32. The van der Waals surface area contributed by atoms with Crippen molar-refractivity contribution in [2.75, 3.05) is 13.2 Å². The molecule has 0 saturated carbocycles. The predicted octanol–water partition coefficient (Wildman–Crippen LogP) is 3.26. The minimum Gasteiger partial charge on any atom is -0.394 e. The SMILES string of the molecule is CCCCCCCC(CO)(CC(C)O)N(CC)C(=O)C(F)(F)F. The maximum atomic E-state index is 12.8. The van der Waals surface area contributed by atoms with E-state index in [1.807, 2.05) is 0 Å². The molecule has 0 aromatic rings. The van der Waals surface area contributed by atoms with E-state index in [0.29, 0.717) is 11.3 Å². The lowest BCUT2D eigenvalue weighted by atomic mass is 9.85. The third-order valence-electron chi connectivity index (χ3n) is 4.09. The van der Waals surface area contributed by atoms with Crippen molar-refractivity contribution in [2.24, 2.45) is 0 Å². The van der Waals surface area contributed by atoms with Crippen LogP contribution < -0.4 is 0 Å². The number of alkyl halides is 3. The van der Waals surface area contributed by atoms with Gasteiger partial charge in [0, 0.05) is 6.54 Å². The normalized spacial score (nSPS) is 16.0. The number of carbonyl (C=O) groups excluding carboxylic acids is 1. The third kappa shape index (κ3) is 7.08. The minimum absolute atomic E-state index is 0.0765. The molecule has 0 spiro atoms. The van der Waals surface area contributed by atoms with Crippen LogP contribution in [-0.2, 0) is 4.79 Å². The van der Waals surface area contributed by atoms with Crippen LogP contribution in [0.2, 0.25) is 0 Å². The molecular weight excluding hydrogens is 311 g/mol. The quantitative estimate of drug-likeness (QED) is 0.567. The topological polar surface area (TPSA) is 60.8 Å². The third-order valence-corrected chi connectivity index (χ3v) is 4.09. The summed E-state index contributed by atoms with van der Waals surface area (Å²) in [7, 11) is 0. The Labute approximate surface area is 136 Å². The van der Waals surface area contributed by atoms with Crippen LogP contribution in [0, 0.1) is 0 Å². The highest BCUT2D eigenvalue weighted by Crippen LogP contribution is 2.32. The molecule has 0 radical (unpaired) electrons. The van der Waals surface area contributed by atoms with E-state index in [2.05, 4.69) is 6.92 Å². The lowest BCUT2D eigenvalue weighted by Gasteiger charge is -2.43. The number of likely N-dealkylation sites (N-methyl/N-ethyl adjacent to an activating group) is 1. The van der Waals surface area contributed by atoms with Gasteiger partial charge in [-0.3, -0.25) is 4.79 Å². The van der Waals surface area contributed by atoms with Gasteiger partial charge in [0.25, 0.3) is 0 Å². The molecule has 0 heterocycles. The summed E-state index contributed by atoms with van der Waals surface area (Å²) < 4.78 is 38.5. The number of unbranched alkanes of at least 4 members (excludes halogenated alkanes) is 4. The molecule has 0 saturated heterocycles. The predicted molar refractivity (Wildman–Crippen MR) is 82.9 cm³/mol. The summed E-state index contributed by atoms with van der Waals surface area (Å²) in [5.41, 5.74) is -1.37. The minimum atomic E-state index is -4.99. The standard InChI is InChI=1S/C16H30F3NO3/c1-4-6-7-8-9-10-15(12-21,11-13(3)22)20(5-2)14(23)16(17,18)19/h13,21-22H,4-12H2,1-3H3. The van der Waals surface area contributed by atoms with Crippen molar-refractivity contribution in [3.63, 3.8) is 0 Å². The zero-order valence-corrected chi connectivity index (χ0v) is 14.3. The van der Waals surface area contributed by atoms with Crippen LogP contribution >= 0.6 is 0 Å². The maximum Gasteiger partial charge on any atom is 0.471 e. The molecule has 138 valence electrons. The smallest absolute Gasteiger partial charge is 0.394 e. The average molecular weight is 341 g/mol. The molecule has 2 atom stereocenters. The van der Waals surface area contributed by atoms with Gasteiger partial charge in [0.2, 0.25) is 0 Å². The Balaban J connectivity index is 5.24. The van der Waals surface area contributed by atoms with Gasteiger partial charge < -0.3 is 15.1 Å². The molecule has 0 aliphatic heterocycles. The van der Waals surface area contributed by atoms with Gasteiger partial charge in [0.15, 0.2) is 0 Å². The number of nitrogens with zero attached hydrogens (tertiary/aromatic N) is 1.